The Morgan fingerprint density at radius 3 is 2.76 bits per heavy atom. The summed E-state index contributed by atoms with van der Waals surface area (Å²) in [5.74, 6) is 0. The summed E-state index contributed by atoms with van der Waals surface area (Å²) in [7, 11) is 0. The molecule has 0 spiro atoms. The Bertz CT molecular complexity index is 513. The van der Waals surface area contributed by atoms with Crippen molar-refractivity contribution in [3.8, 4) is 0 Å². The summed E-state index contributed by atoms with van der Waals surface area (Å²) in [6.07, 6.45) is 2.30. The molecule has 0 fully saturated rings. The summed E-state index contributed by atoms with van der Waals surface area (Å²) in [5, 5.41) is 9.10. The maximum atomic E-state index is 10.9. The molecule has 3 heteroatoms. The van der Waals surface area contributed by atoms with Gasteiger partial charge < -0.3 is 5.11 Å². The lowest BCUT2D eigenvalue weighted by Gasteiger charge is -2.28. The van der Waals surface area contributed by atoms with Crippen LogP contribution in [0.15, 0.2) is 41.1 Å². The fourth-order valence-corrected chi connectivity index (χ4v) is 2.14. The first-order valence-electron chi connectivity index (χ1n) is 5.55. The molecule has 3 nitrogen and oxygen atoms in total. The van der Waals surface area contributed by atoms with Crippen molar-refractivity contribution in [3.63, 3.8) is 0 Å². The predicted molar refractivity (Wildman–Crippen MR) is 67.5 cm³/mol. The molecule has 0 bridgehead atoms. The fourth-order valence-electron chi connectivity index (χ4n) is 2.14. The Morgan fingerprint density at radius 2 is 2.12 bits per heavy atom. The minimum atomic E-state index is -0.249. The summed E-state index contributed by atoms with van der Waals surface area (Å²) in [4.78, 5) is 15.5. The van der Waals surface area contributed by atoms with Gasteiger partial charge in [0, 0.05) is 5.56 Å². The summed E-state index contributed by atoms with van der Waals surface area (Å²) in [6.45, 7) is 4.03. The number of allylic oxidation sites excluding steroid dienone is 1. The number of aliphatic hydroxyl groups excluding tert-OH is 1. The fraction of sp³-hybridized carbons (Fsp3) is 0.286. The molecule has 0 aliphatic carbocycles. The molecular weight excluding hydrogens is 214 g/mol. The Kier molecular flexibility index (Phi) is 2.84. The number of carbonyl (C=O) groups excluding carboxylic acids is 1. The third-order valence-electron chi connectivity index (χ3n) is 2.85. The summed E-state index contributed by atoms with van der Waals surface area (Å²) in [5.41, 5.74) is 2.64. The number of fused-ring (bicyclic) bond motifs is 1. The normalized spacial score (nSPS) is 18.2. The van der Waals surface area contributed by atoms with E-state index in [1.165, 1.54) is 0 Å². The topological polar surface area (TPSA) is 49.7 Å². The number of carbonyl (C=O) groups is 1. The smallest absolute Gasteiger partial charge is 0.155 e. The molecule has 88 valence electrons. The highest BCUT2D eigenvalue weighted by Crippen LogP contribution is 2.28. The minimum Gasteiger partial charge on any atom is -0.515 e. The number of benzene rings is 1. The third-order valence-corrected chi connectivity index (χ3v) is 2.85. The van der Waals surface area contributed by atoms with Crippen molar-refractivity contribution in [2.45, 2.75) is 25.8 Å². The zero-order valence-electron chi connectivity index (χ0n) is 9.97. The molecule has 0 radical (unpaired) electrons. The van der Waals surface area contributed by atoms with Crippen molar-refractivity contribution in [1.29, 1.82) is 0 Å². The maximum absolute atomic E-state index is 10.9. The van der Waals surface area contributed by atoms with Crippen LogP contribution in [0.1, 0.15) is 25.0 Å². The molecule has 1 aromatic rings. The monoisotopic (exact) mass is 229 g/mol. The molecule has 0 aromatic heterocycles. The number of rotatable bonds is 2. The molecule has 0 saturated heterocycles. The van der Waals surface area contributed by atoms with E-state index in [4.69, 9.17) is 5.11 Å². The quantitative estimate of drug-likeness (QED) is 0.481. The van der Waals surface area contributed by atoms with Gasteiger partial charge in [0.1, 0.15) is 0 Å². The molecule has 0 saturated carbocycles. The van der Waals surface area contributed by atoms with Crippen molar-refractivity contribution in [2.24, 2.45) is 4.99 Å². The molecule has 17 heavy (non-hydrogen) atoms. The van der Waals surface area contributed by atoms with Crippen molar-refractivity contribution in [2.75, 3.05) is 0 Å². The van der Waals surface area contributed by atoms with Crippen LogP contribution in [-0.4, -0.2) is 22.6 Å². The van der Waals surface area contributed by atoms with Gasteiger partial charge in [0.25, 0.3) is 0 Å². The Labute approximate surface area is 101 Å². The maximum Gasteiger partial charge on any atom is 0.155 e. The second-order valence-electron chi connectivity index (χ2n) is 4.81. The molecule has 0 atom stereocenters. The van der Waals surface area contributed by atoms with Crippen molar-refractivity contribution in [3.05, 3.63) is 47.2 Å². The molecule has 1 aliphatic rings. The molecule has 0 unspecified atom stereocenters. The van der Waals surface area contributed by atoms with Crippen LogP contribution in [0.25, 0.3) is 0 Å². The largest absolute Gasteiger partial charge is 0.515 e. The van der Waals surface area contributed by atoms with Crippen LogP contribution < -0.4 is 0 Å². The van der Waals surface area contributed by atoms with E-state index in [0.717, 1.165) is 23.8 Å². The standard InChI is InChI=1S/C14H15NO2/c1-14(2)7-10-5-3-4-6-12(10)13(15-14)11(8-16)9-17/h3-6,8-9,16H,7H2,1-2H3. The zero-order chi connectivity index (χ0) is 12.5. The van der Waals surface area contributed by atoms with E-state index < -0.39 is 0 Å². The summed E-state index contributed by atoms with van der Waals surface area (Å²) in [6, 6.07) is 7.84. The lowest BCUT2D eigenvalue weighted by Crippen LogP contribution is -2.30. The average molecular weight is 229 g/mol. The second-order valence-corrected chi connectivity index (χ2v) is 4.81. The molecule has 1 aliphatic heterocycles. The number of hydrogen-bond acceptors (Lipinski definition) is 3. The Hall–Kier alpha value is -1.90. The predicted octanol–water partition coefficient (Wildman–Crippen LogP) is 2.45. The zero-order valence-corrected chi connectivity index (χ0v) is 9.97. The van der Waals surface area contributed by atoms with Crippen LogP contribution in [0.5, 0.6) is 0 Å². The SMILES string of the molecule is CC1(C)Cc2ccccc2C(C(C=O)=CO)=N1. The van der Waals surface area contributed by atoms with Gasteiger partial charge in [-0.25, -0.2) is 0 Å². The summed E-state index contributed by atoms with van der Waals surface area (Å²) >= 11 is 0. The van der Waals surface area contributed by atoms with Crippen molar-refractivity contribution >= 4 is 12.0 Å². The van der Waals surface area contributed by atoms with Crippen LogP contribution in [0.3, 0.4) is 0 Å². The second kappa shape index (κ2) is 4.17. The van der Waals surface area contributed by atoms with E-state index in [1.54, 1.807) is 0 Å². The molecule has 1 N–H and O–H groups in total. The van der Waals surface area contributed by atoms with E-state index in [1.807, 2.05) is 38.1 Å². The van der Waals surface area contributed by atoms with Crippen molar-refractivity contribution < 1.29 is 9.90 Å². The highest BCUT2D eigenvalue weighted by atomic mass is 16.2. The van der Waals surface area contributed by atoms with Crippen molar-refractivity contribution in [1.82, 2.24) is 0 Å². The van der Waals surface area contributed by atoms with Gasteiger partial charge >= 0.3 is 0 Å². The van der Waals surface area contributed by atoms with Gasteiger partial charge in [-0.3, -0.25) is 9.79 Å². The summed E-state index contributed by atoms with van der Waals surface area (Å²) < 4.78 is 0. The van der Waals surface area contributed by atoms with Gasteiger partial charge in [-0.05, 0) is 25.8 Å². The number of aliphatic hydroxyl groups is 1. The van der Waals surface area contributed by atoms with E-state index >= 15 is 0 Å². The molecule has 1 heterocycles. The first-order valence-corrected chi connectivity index (χ1v) is 5.55. The van der Waals surface area contributed by atoms with Gasteiger partial charge in [-0.2, -0.15) is 0 Å². The molecule has 0 amide bonds. The lowest BCUT2D eigenvalue weighted by molar-refractivity contribution is -0.104. The highest BCUT2D eigenvalue weighted by molar-refractivity contribution is 6.24. The van der Waals surface area contributed by atoms with Gasteiger partial charge in [0.2, 0.25) is 0 Å². The third kappa shape index (κ3) is 2.13. The van der Waals surface area contributed by atoms with Crippen LogP contribution in [-0.2, 0) is 11.2 Å². The van der Waals surface area contributed by atoms with Crippen LogP contribution >= 0.6 is 0 Å². The van der Waals surface area contributed by atoms with E-state index in [2.05, 4.69) is 4.99 Å². The molecular formula is C14H15NO2. The van der Waals surface area contributed by atoms with Crippen LogP contribution in [0.4, 0.5) is 0 Å². The van der Waals surface area contributed by atoms with E-state index in [9.17, 15) is 4.79 Å². The highest BCUT2D eigenvalue weighted by Gasteiger charge is 2.27. The average Bonchev–Trinajstić information content (AvgIpc) is 2.29. The van der Waals surface area contributed by atoms with Gasteiger partial charge in [-0.1, -0.05) is 24.3 Å². The number of nitrogens with zero attached hydrogens (tertiary/aromatic N) is 1. The minimum absolute atomic E-state index is 0.227. The van der Waals surface area contributed by atoms with E-state index in [0.29, 0.717) is 12.0 Å². The first-order chi connectivity index (χ1) is 8.07. The Balaban J connectivity index is 2.62. The van der Waals surface area contributed by atoms with Gasteiger partial charge in [0.15, 0.2) is 6.29 Å². The van der Waals surface area contributed by atoms with Gasteiger partial charge in [-0.15, -0.1) is 0 Å². The van der Waals surface area contributed by atoms with Gasteiger partial charge in [0.05, 0.1) is 23.1 Å². The van der Waals surface area contributed by atoms with E-state index in [-0.39, 0.29) is 11.1 Å². The number of aliphatic imine (C=N–C) groups is 1. The van der Waals surface area contributed by atoms with Crippen LogP contribution in [0.2, 0.25) is 0 Å². The number of aldehydes is 1. The first kappa shape index (κ1) is 11.6. The molecule has 1 aromatic carbocycles. The number of hydrogen-bond donors (Lipinski definition) is 1. The lowest BCUT2D eigenvalue weighted by atomic mass is 9.85. The Morgan fingerprint density at radius 1 is 1.41 bits per heavy atom. The molecule has 2 rings (SSSR count). The van der Waals surface area contributed by atoms with Crippen LogP contribution in [0, 0.1) is 0 Å².